The van der Waals surface area contributed by atoms with E-state index in [4.69, 9.17) is 0 Å². The zero-order chi connectivity index (χ0) is 16.5. The monoisotopic (exact) mass is 453 g/mol. The van der Waals surface area contributed by atoms with E-state index in [0.29, 0.717) is 18.9 Å². The molecule has 8 heteroatoms. The molecule has 0 unspecified atom stereocenters. The number of hydrogen-bond acceptors (Lipinski definition) is 4. The van der Waals surface area contributed by atoms with Crippen LogP contribution in [0.2, 0.25) is 0 Å². The Kier molecular flexibility index (Phi) is 11.2. The molecule has 0 saturated heterocycles. The Morgan fingerprint density at radius 3 is 2.43 bits per heavy atom. The minimum atomic E-state index is 0. The number of halogens is 1. The van der Waals surface area contributed by atoms with E-state index < -0.39 is 0 Å². The van der Waals surface area contributed by atoms with Gasteiger partial charge in [0.1, 0.15) is 0 Å². The largest absolute Gasteiger partial charge is 0.356 e. The molecule has 0 fully saturated rings. The zero-order valence-corrected chi connectivity index (χ0v) is 17.7. The highest BCUT2D eigenvalue weighted by Crippen LogP contribution is 2.16. The Balaban J connectivity index is 0.00000484. The maximum Gasteiger partial charge on any atom is 0.221 e. The van der Waals surface area contributed by atoms with Gasteiger partial charge in [-0.25, -0.2) is 4.98 Å². The van der Waals surface area contributed by atoms with Crippen LogP contribution < -0.4 is 16.0 Å². The van der Waals surface area contributed by atoms with Gasteiger partial charge in [-0.3, -0.25) is 9.79 Å². The van der Waals surface area contributed by atoms with Crippen LogP contribution in [-0.4, -0.2) is 43.0 Å². The van der Waals surface area contributed by atoms with Gasteiger partial charge >= 0.3 is 0 Å². The molecule has 0 saturated carbocycles. The lowest BCUT2D eigenvalue weighted by Crippen LogP contribution is -2.40. The second-order valence-electron chi connectivity index (χ2n) is 5.40. The fourth-order valence-electron chi connectivity index (χ4n) is 1.84. The summed E-state index contributed by atoms with van der Waals surface area (Å²) < 4.78 is 0. The van der Waals surface area contributed by atoms with Crippen LogP contribution in [0.3, 0.4) is 0 Å². The second kappa shape index (κ2) is 11.6. The summed E-state index contributed by atoms with van der Waals surface area (Å²) in [7, 11) is 1.72. The summed E-state index contributed by atoms with van der Waals surface area (Å²) in [6.07, 6.45) is 1.30. The van der Waals surface area contributed by atoms with Crippen molar-refractivity contribution in [3.8, 4) is 0 Å². The van der Waals surface area contributed by atoms with Crippen molar-refractivity contribution in [2.45, 2.75) is 46.6 Å². The maximum absolute atomic E-state index is 11.5. The molecule has 6 nitrogen and oxygen atoms in total. The van der Waals surface area contributed by atoms with Crippen molar-refractivity contribution < 1.29 is 4.79 Å². The fraction of sp³-hybridized carbons (Fsp3) is 0.667. The number of hydrogen-bond donors (Lipinski definition) is 3. The van der Waals surface area contributed by atoms with E-state index in [1.165, 1.54) is 4.88 Å². The normalized spacial score (nSPS) is 11.1. The highest BCUT2D eigenvalue weighted by Gasteiger charge is 2.05. The fourth-order valence-corrected chi connectivity index (χ4v) is 2.78. The first-order chi connectivity index (χ1) is 10.4. The smallest absolute Gasteiger partial charge is 0.221 e. The van der Waals surface area contributed by atoms with Crippen LogP contribution in [0.15, 0.2) is 4.99 Å². The number of carbonyl (C=O) groups excluding carboxylic acids is 1. The summed E-state index contributed by atoms with van der Waals surface area (Å²) in [6.45, 7) is 9.36. The topological polar surface area (TPSA) is 78.4 Å². The molecule has 1 aromatic rings. The predicted octanol–water partition coefficient (Wildman–Crippen LogP) is 2.00. The number of rotatable bonds is 7. The molecule has 1 rings (SSSR count). The minimum absolute atomic E-state index is 0. The minimum Gasteiger partial charge on any atom is -0.356 e. The number of guanidine groups is 1. The summed E-state index contributed by atoms with van der Waals surface area (Å²) in [5.74, 6) is 0.758. The second-order valence-corrected chi connectivity index (χ2v) is 6.68. The predicted molar refractivity (Wildman–Crippen MR) is 108 cm³/mol. The summed E-state index contributed by atoms with van der Waals surface area (Å²) >= 11 is 1.74. The Labute approximate surface area is 160 Å². The van der Waals surface area contributed by atoms with Crippen LogP contribution in [0.25, 0.3) is 0 Å². The average Bonchev–Trinajstić information content (AvgIpc) is 2.75. The lowest BCUT2D eigenvalue weighted by molar-refractivity contribution is -0.121. The molecule has 1 amide bonds. The van der Waals surface area contributed by atoms with Crippen molar-refractivity contribution in [1.29, 1.82) is 0 Å². The first kappa shape index (κ1) is 22.1. The van der Waals surface area contributed by atoms with Crippen molar-refractivity contribution in [3.63, 3.8) is 0 Å². The average molecular weight is 453 g/mol. The van der Waals surface area contributed by atoms with Crippen molar-refractivity contribution in [2.75, 3.05) is 20.1 Å². The van der Waals surface area contributed by atoms with Crippen LogP contribution in [0.5, 0.6) is 0 Å². The summed E-state index contributed by atoms with van der Waals surface area (Å²) in [4.78, 5) is 21.5. The van der Waals surface area contributed by atoms with Gasteiger partial charge in [0.15, 0.2) is 5.96 Å². The molecule has 0 aliphatic rings. The molecule has 23 heavy (non-hydrogen) atoms. The lowest BCUT2D eigenvalue weighted by atomic mass is 10.3. The van der Waals surface area contributed by atoms with Crippen LogP contribution in [0.1, 0.15) is 35.8 Å². The van der Waals surface area contributed by atoms with Gasteiger partial charge in [0.25, 0.3) is 0 Å². The van der Waals surface area contributed by atoms with E-state index in [1.54, 1.807) is 18.4 Å². The van der Waals surface area contributed by atoms with Gasteiger partial charge < -0.3 is 16.0 Å². The Hall–Kier alpha value is -0.900. The van der Waals surface area contributed by atoms with Gasteiger partial charge in [0, 0.05) is 43.9 Å². The van der Waals surface area contributed by atoms with E-state index in [1.807, 2.05) is 20.8 Å². The summed E-state index contributed by atoms with van der Waals surface area (Å²) in [6, 6.07) is 0.176. The lowest BCUT2D eigenvalue weighted by Gasteiger charge is -2.12. The quantitative estimate of drug-likeness (QED) is 0.335. The molecule has 3 N–H and O–H groups in total. The Bertz CT molecular complexity index is 496. The Morgan fingerprint density at radius 2 is 1.91 bits per heavy atom. The number of nitrogens with zero attached hydrogens (tertiary/aromatic N) is 2. The van der Waals surface area contributed by atoms with Crippen LogP contribution in [-0.2, 0) is 11.2 Å². The molecule has 0 spiro atoms. The maximum atomic E-state index is 11.5. The van der Waals surface area contributed by atoms with Crippen molar-refractivity contribution >= 4 is 47.2 Å². The number of aliphatic imine (C=N–C) groups is 1. The molecule has 132 valence electrons. The number of amides is 1. The number of thiazole rings is 1. The number of carbonyl (C=O) groups is 1. The van der Waals surface area contributed by atoms with Crippen molar-refractivity contribution in [1.82, 2.24) is 20.9 Å². The van der Waals surface area contributed by atoms with Gasteiger partial charge in [-0.2, -0.15) is 0 Å². The van der Waals surface area contributed by atoms with Gasteiger partial charge in [-0.05, 0) is 27.7 Å². The highest BCUT2D eigenvalue weighted by atomic mass is 127. The van der Waals surface area contributed by atoms with Crippen molar-refractivity contribution in [2.24, 2.45) is 4.99 Å². The molecule has 0 aromatic carbocycles. The molecule has 0 atom stereocenters. The molecule has 0 radical (unpaired) electrons. The summed E-state index contributed by atoms with van der Waals surface area (Å²) in [5, 5.41) is 10.4. The van der Waals surface area contributed by atoms with Gasteiger partial charge in [0.05, 0.1) is 10.7 Å². The third kappa shape index (κ3) is 9.09. The number of aromatic nitrogens is 1. The zero-order valence-electron chi connectivity index (χ0n) is 14.5. The summed E-state index contributed by atoms with van der Waals surface area (Å²) in [5.41, 5.74) is 1.11. The molecule has 1 heterocycles. The molecular weight excluding hydrogens is 425 g/mol. The Morgan fingerprint density at radius 1 is 1.26 bits per heavy atom. The van der Waals surface area contributed by atoms with E-state index >= 15 is 0 Å². The molecule has 0 bridgehead atoms. The number of nitrogens with one attached hydrogen (secondary N) is 3. The van der Waals surface area contributed by atoms with Crippen molar-refractivity contribution in [3.05, 3.63) is 15.6 Å². The van der Waals surface area contributed by atoms with E-state index in [9.17, 15) is 4.79 Å². The molecule has 0 aliphatic heterocycles. The third-order valence-electron chi connectivity index (χ3n) is 3.02. The third-order valence-corrected chi connectivity index (χ3v) is 4.15. The molecule has 1 aromatic heterocycles. The first-order valence-corrected chi connectivity index (χ1v) is 8.40. The van der Waals surface area contributed by atoms with E-state index in [2.05, 4.69) is 32.9 Å². The van der Waals surface area contributed by atoms with Crippen LogP contribution in [0, 0.1) is 13.8 Å². The van der Waals surface area contributed by atoms with Crippen LogP contribution in [0.4, 0.5) is 0 Å². The van der Waals surface area contributed by atoms with E-state index in [0.717, 1.165) is 23.7 Å². The SMILES string of the molecule is CN=C(NCCC(=O)NC(C)C)NCCc1nc(C)c(C)s1.I. The first-order valence-electron chi connectivity index (χ1n) is 7.59. The van der Waals surface area contributed by atoms with Gasteiger partial charge in [-0.1, -0.05) is 0 Å². The molecule has 0 aliphatic carbocycles. The van der Waals surface area contributed by atoms with Crippen LogP contribution >= 0.6 is 35.3 Å². The standard InChI is InChI=1S/C15H27N5OS.HI/c1-10(2)19-13(21)6-8-17-15(16-5)18-9-7-14-20-11(3)12(4)22-14;/h10H,6-9H2,1-5H3,(H,19,21)(H2,16,17,18);1H. The highest BCUT2D eigenvalue weighted by molar-refractivity contribution is 14.0. The van der Waals surface area contributed by atoms with Gasteiger partial charge in [-0.15, -0.1) is 35.3 Å². The number of aryl methyl sites for hydroxylation is 2. The van der Waals surface area contributed by atoms with Gasteiger partial charge in [0.2, 0.25) is 5.91 Å². The van der Waals surface area contributed by atoms with E-state index in [-0.39, 0.29) is 35.9 Å². The molecular formula is C15H28IN5OS.